The molecule has 0 aliphatic rings. The van der Waals surface area contributed by atoms with Gasteiger partial charge in [-0.05, 0) is 6.42 Å². The van der Waals surface area contributed by atoms with Gasteiger partial charge >= 0.3 is 6.09 Å². The van der Waals surface area contributed by atoms with Gasteiger partial charge in [-0.3, -0.25) is 0 Å². The monoisotopic (exact) mass is 223 g/mol. The summed E-state index contributed by atoms with van der Waals surface area (Å²) in [5, 5.41) is 0. The molecule has 1 amide bonds. The highest BCUT2D eigenvalue weighted by Gasteiger charge is 2.04. The molecule has 0 aromatic carbocycles. The lowest BCUT2D eigenvalue weighted by molar-refractivity contribution is 0.156. The van der Waals surface area contributed by atoms with Gasteiger partial charge in [0, 0.05) is 4.83 Å². The smallest absolute Gasteiger partial charge is 0.404 e. The number of carbonyl (C=O) groups is 1. The number of hydrogen-bond acceptors (Lipinski definition) is 2. The van der Waals surface area contributed by atoms with E-state index >= 15 is 0 Å². The number of nitrogens with two attached hydrogens (primary N) is 1. The fraction of sp³-hybridized carbons (Fsp3) is 0.857. The van der Waals surface area contributed by atoms with Crippen LogP contribution in [0.25, 0.3) is 0 Å². The van der Waals surface area contributed by atoms with Crippen molar-refractivity contribution in [1.29, 1.82) is 0 Å². The number of rotatable bonds is 5. The zero-order valence-electron chi connectivity index (χ0n) is 6.68. The molecule has 4 heteroatoms. The number of hydrogen-bond donors (Lipinski definition) is 1. The normalized spacial score (nSPS) is 12.5. The molecule has 2 N–H and O–H groups in total. The van der Waals surface area contributed by atoms with Crippen LogP contribution < -0.4 is 5.73 Å². The molecule has 0 saturated heterocycles. The quantitative estimate of drug-likeness (QED) is 0.726. The zero-order valence-corrected chi connectivity index (χ0v) is 8.26. The summed E-state index contributed by atoms with van der Waals surface area (Å²) < 4.78 is 4.59. The van der Waals surface area contributed by atoms with E-state index < -0.39 is 6.09 Å². The number of ether oxygens (including phenoxy) is 1. The molecule has 1 atom stereocenters. The SMILES string of the molecule is CCCCC(Br)COC(N)=O. The van der Waals surface area contributed by atoms with Crippen molar-refractivity contribution in [2.24, 2.45) is 5.73 Å². The summed E-state index contributed by atoms with van der Waals surface area (Å²) in [7, 11) is 0. The second-order valence-electron chi connectivity index (χ2n) is 2.37. The van der Waals surface area contributed by atoms with E-state index in [4.69, 9.17) is 5.73 Å². The summed E-state index contributed by atoms with van der Waals surface area (Å²) in [4.78, 5) is 10.4. The minimum absolute atomic E-state index is 0.245. The molecular weight excluding hydrogens is 210 g/mol. The highest BCUT2D eigenvalue weighted by Crippen LogP contribution is 2.09. The first-order valence-electron chi connectivity index (χ1n) is 3.73. The van der Waals surface area contributed by atoms with Crippen LogP contribution in [-0.2, 0) is 4.74 Å². The van der Waals surface area contributed by atoms with Crippen molar-refractivity contribution in [2.45, 2.75) is 31.0 Å². The minimum atomic E-state index is -0.703. The number of amides is 1. The van der Waals surface area contributed by atoms with Gasteiger partial charge in [0.2, 0.25) is 0 Å². The van der Waals surface area contributed by atoms with Gasteiger partial charge in [0.15, 0.2) is 0 Å². The Morgan fingerprint density at radius 1 is 1.73 bits per heavy atom. The van der Waals surface area contributed by atoms with Crippen molar-refractivity contribution in [3.8, 4) is 0 Å². The molecule has 0 aliphatic heterocycles. The summed E-state index contributed by atoms with van der Waals surface area (Å²) in [6, 6.07) is 0. The minimum Gasteiger partial charge on any atom is -0.449 e. The maximum atomic E-state index is 10.2. The van der Waals surface area contributed by atoms with Gasteiger partial charge in [0.05, 0.1) is 0 Å². The molecule has 0 radical (unpaired) electrons. The molecule has 1 unspecified atom stereocenters. The molecular formula is C7H14BrNO2. The molecule has 0 saturated carbocycles. The highest BCUT2D eigenvalue weighted by atomic mass is 79.9. The lowest BCUT2D eigenvalue weighted by Gasteiger charge is -2.07. The summed E-state index contributed by atoms with van der Waals surface area (Å²) in [6.07, 6.45) is 2.60. The first kappa shape index (κ1) is 10.8. The van der Waals surface area contributed by atoms with E-state index in [9.17, 15) is 4.79 Å². The number of alkyl halides is 1. The summed E-state index contributed by atoms with van der Waals surface area (Å²) in [5.74, 6) is 0. The molecule has 0 fully saturated rings. The Kier molecular flexibility index (Phi) is 6.31. The largest absolute Gasteiger partial charge is 0.449 e. The van der Waals surface area contributed by atoms with Crippen molar-refractivity contribution in [2.75, 3.05) is 6.61 Å². The van der Waals surface area contributed by atoms with Crippen LogP contribution in [0, 0.1) is 0 Å². The molecule has 0 aromatic heterocycles. The second-order valence-corrected chi connectivity index (χ2v) is 3.66. The maximum absolute atomic E-state index is 10.2. The predicted octanol–water partition coefficient (Wildman–Crippen LogP) is 2.04. The van der Waals surface area contributed by atoms with Gasteiger partial charge in [-0.1, -0.05) is 35.7 Å². The van der Waals surface area contributed by atoms with Crippen molar-refractivity contribution in [3.05, 3.63) is 0 Å². The number of unbranched alkanes of at least 4 members (excludes halogenated alkanes) is 1. The lowest BCUT2D eigenvalue weighted by atomic mass is 10.2. The van der Waals surface area contributed by atoms with Crippen LogP contribution in [0.2, 0.25) is 0 Å². The predicted molar refractivity (Wildman–Crippen MR) is 47.8 cm³/mol. The van der Waals surface area contributed by atoms with E-state index in [1.165, 1.54) is 0 Å². The van der Waals surface area contributed by atoms with Gasteiger partial charge < -0.3 is 10.5 Å². The van der Waals surface area contributed by atoms with Gasteiger partial charge in [0.1, 0.15) is 6.61 Å². The van der Waals surface area contributed by atoms with Crippen molar-refractivity contribution < 1.29 is 9.53 Å². The maximum Gasteiger partial charge on any atom is 0.404 e. The summed E-state index contributed by atoms with van der Waals surface area (Å²) >= 11 is 3.37. The fourth-order valence-corrected chi connectivity index (χ4v) is 1.14. The van der Waals surface area contributed by atoms with E-state index in [-0.39, 0.29) is 4.83 Å². The second kappa shape index (κ2) is 6.46. The van der Waals surface area contributed by atoms with E-state index in [0.717, 1.165) is 19.3 Å². The van der Waals surface area contributed by atoms with Crippen LogP contribution in [0.5, 0.6) is 0 Å². The molecule has 0 aromatic rings. The van der Waals surface area contributed by atoms with Crippen LogP contribution in [0.3, 0.4) is 0 Å². The van der Waals surface area contributed by atoms with Crippen LogP contribution >= 0.6 is 15.9 Å². The fourth-order valence-electron chi connectivity index (χ4n) is 0.682. The van der Waals surface area contributed by atoms with Gasteiger partial charge in [-0.15, -0.1) is 0 Å². The standard InChI is InChI=1S/C7H14BrNO2/c1-2-3-4-6(8)5-11-7(9)10/h6H,2-5H2,1H3,(H2,9,10). The van der Waals surface area contributed by atoms with Crippen LogP contribution in [0.1, 0.15) is 26.2 Å². The van der Waals surface area contributed by atoms with Gasteiger partial charge in [-0.25, -0.2) is 4.79 Å². The molecule has 0 bridgehead atoms. The lowest BCUT2D eigenvalue weighted by Crippen LogP contribution is -2.18. The number of primary amides is 1. The third kappa shape index (κ3) is 7.65. The zero-order chi connectivity index (χ0) is 8.69. The topological polar surface area (TPSA) is 52.3 Å². The van der Waals surface area contributed by atoms with Crippen LogP contribution in [0.4, 0.5) is 4.79 Å². The highest BCUT2D eigenvalue weighted by molar-refractivity contribution is 9.09. The Morgan fingerprint density at radius 2 is 2.36 bits per heavy atom. The molecule has 3 nitrogen and oxygen atoms in total. The number of halogens is 1. The molecule has 0 aliphatic carbocycles. The first-order valence-corrected chi connectivity index (χ1v) is 4.64. The average Bonchev–Trinajstić information content (AvgIpc) is 1.97. The van der Waals surface area contributed by atoms with E-state index in [0.29, 0.717) is 6.61 Å². The van der Waals surface area contributed by atoms with Crippen LogP contribution in [0.15, 0.2) is 0 Å². The molecule has 0 spiro atoms. The Morgan fingerprint density at radius 3 is 2.82 bits per heavy atom. The van der Waals surface area contributed by atoms with Crippen molar-refractivity contribution >= 4 is 22.0 Å². The van der Waals surface area contributed by atoms with Gasteiger partial charge in [0.25, 0.3) is 0 Å². The molecule has 66 valence electrons. The average molecular weight is 224 g/mol. The Hall–Kier alpha value is -0.250. The van der Waals surface area contributed by atoms with E-state index in [1.54, 1.807) is 0 Å². The Bertz CT molecular complexity index is 119. The first-order chi connectivity index (χ1) is 5.16. The number of carbonyl (C=O) groups excluding carboxylic acids is 1. The van der Waals surface area contributed by atoms with E-state index in [2.05, 4.69) is 27.6 Å². The van der Waals surface area contributed by atoms with Crippen LogP contribution in [-0.4, -0.2) is 17.5 Å². The molecule has 0 rings (SSSR count). The molecule has 0 heterocycles. The van der Waals surface area contributed by atoms with Gasteiger partial charge in [-0.2, -0.15) is 0 Å². The van der Waals surface area contributed by atoms with Crippen molar-refractivity contribution in [1.82, 2.24) is 0 Å². The van der Waals surface area contributed by atoms with E-state index in [1.807, 2.05) is 0 Å². The Labute approximate surface area is 75.4 Å². The Balaban J connectivity index is 3.22. The molecule has 11 heavy (non-hydrogen) atoms. The third-order valence-corrected chi connectivity index (χ3v) is 2.00. The van der Waals surface area contributed by atoms with Crippen molar-refractivity contribution in [3.63, 3.8) is 0 Å². The third-order valence-electron chi connectivity index (χ3n) is 1.28. The summed E-state index contributed by atoms with van der Waals surface area (Å²) in [6.45, 7) is 2.49. The summed E-state index contributed by atoms with van der Waals surface area (Å²) in [5.41, 5.74) is 4.79.